The third-order valence-corrected chi connectivity index (χ3v) is 3.28. The second-order valence-electron chi connectivity index (χ2n) is 3.77. The van der Waals surface area contributed by atoms with Crippen molar-refractivity contribution in [2.75, 3.05) is 52.0 Å². The predicted octanol–water partition coefficient (Wildman–Crippen LogP) is 3.04. The molecule has 1 aromatic rings. The number of hydrogen-bond donors (Lipinski definition) is 1. The minimum atomic E-state index is 0.589. The van der Waals surface area contributed by atoms with Crippen LogP contribution in [-0.4, -0.2) is 46.7 Å². The second kappa shape index (κ2) is 10.7. The van der Waals surface area contributed by atoms with E-state index in [1.165, 1.54) is 0 Å². The summed E-state index contributed by atoms with van der Waals surface area (Å²) < 4.78 is 16.7. The van der Waals surface area contributed by atoms with Gasteiger partial charge >= 0.3 is 0 Å². The van der Waals surface area contributed by atoms with Crippen LogP contribution in [0.5, 0.6) is 0 Å². The van der Waals surface area contributed by atoms with E-state index >= 15 is 0 Å². The minimum absolute atomic E-state index is 0.589. The van der Waals surface area contributed by atoms with Crippen LogP contribution in [0.25, 0.3) is 0 Å². The van der Waals surface area contributed by atoms with Crippen LogP contribution in [0.2, 0.25) is 5.02 Å². The van der Waals surface area contributed by atoms with Gasteiger partial charge in [0.2, 0.25) is 0 Å². The van der Waals surface area contributed by atoms with Crippen LogP contribution in [-0.2, 0) is 14.2 Å². The number of rotatable bonds is 10. The maximum Gasteiger partial charge on any atom is 0.0701 e. The van der Waals surface area contributed by atoms with Crippen LogP contribution >= 0.6 is 34.2 Å². The van der Waals surface area contributed by atoms with Crippen LogP contribution < -0.4 is 5.32 Å². The molecule has 0 saturated heterocycles. The normalized spacial score (nSPS) is 10.7. The first kappa shape index (κ1) is 17.0. The summed E-state index contributed by atoms with van der Waals surface area (Å²) in [6.45, 7) is 3.75. The summed E-state index contributed by atoms with van der Waals surface area (Å²) in [7, 11) is 1.65. The largest absolute Gasteiger partial charge is 0.382 e. The van der Waals surface area contributed by atoms with E-state index < -0.39 is 0 Å². The lowest BCUT2D eigenvalue weighted by molar-refractivity contribution is 0.0272. The number of anilines is 1. The van der Waals surface area contributed by atoms with Crippen LogP contribution in [0.4, 0.5) is 5.69 Å². The van der Waals surface area contributed by atoms with Gasteiger partial charge in [-0.25, -0.2) is 0 Å². The molecule has 0 atom stereocenters. The maximum absolute atomic E-state index is 6.10. The van der Waals surface area contributed by atoms with Crippen molar-refractivity contribution in [3.8, 4) is 0 Å². The number of nitrogens with one attached hydrogen (secondary N) is 1. The lowest BCUT2D eigenvalue weighted by Gasteiger charge is -2.09. The Balaban J connectivity index is 2.01. The van der Waals surface area contributed by atoms with Crippen molar-refractivity contribution < 1.29 is 14.2 Å². The molecule has 1 rings (SSSR count). The quantitative estimate of drug-likeness (QED) is 0.485. The van der Waals surface area contributed by atoms with E-state index in [4.69, 9.17) is 25.8 Å². The smallest absolute Gasteiger partial charge is 0.0701 e. The molecule has 0 aliphatic heterocycles. The average molecular weight is 400 g/mol. The average Bonchev–Trinajstić information content (AvgIpc) is 2.39. The van der Waals surface area contributed by atoms with Crippen molar-refractivity contribution in [2.45, 2.75) is 0 Å². The Morgan fingerprint density at radius 3 is 2.47 bits per heavy atom. The first-order valence-electron chi connectivity index (χ1n) is 6.07. The molecule has 0 bridgehead atoms. The molecule has 0 saturated carbocycles. The SMILES string of the molecule is COCCOCCOCCNc1ccc(I)cc1Cl. The molecule has 0 unspecified atom stereocenters. The van der Waals surface area contributed by atoms with E-state index in [9.17, 15) is 0 Å². The summed E-state index contributed by atoms with van der Waals surface area (Å²) in [5.74, 6) is 0. The van der Waals surface area contributed by atoms with Crippen LogP contribution in [0.15, 0.2) is 18.2 Å². The summed E-state index contributed by atoms with van der Waals surface area (Å²) in [6, 6.07) is 5.91. The lowest BCUT2D eigenvalue weighted by Crippen LogP contribution is -2.13. The molecule has 0 amide bonds. The molecule has 108 valence electrons. The molecule has 4 nitrogen and oxygen atoms in total. The van der Waals surface area contributed by atoms with E-state index in [0.29, 0.717) is 33.0 Å². The van der Waals surface area contributed by atoms with Gasteiger partial charge < -0.3 is 19.5 Å². The third kappa shape index (κ3) is 7.94. The summed E-state index contributed by atoms with van der Waals surface area (Å²) >= 11 is 8.33. The van der Waals surface area contributed by atoms with E-state index in [1.807, 2.05) is 18.2 Å². The molecule has 0 spiro atoms. The zero-order chi connectivity index (χ0) is 13.9. The highest BCUT2D eigenvalue weighted by molar-refractivity contribution is 14.1. The van der Waals surface area contributed by atoms with E-state index in [1.54, 1.807) is 7.11 Å². The summed E-state index contributed by atoms with van der Waals surface area (Å²) in [5, 5.41) is 3.96. The highest BCUT2D eigenvalue weighted by atomic mass is 127. The Kier molecular flexibility index (Phi) is 9.54. The molecule has 0 radical (unpaired) electrons. The fourth-order valence-corrected chi connectivity index (χ4v) is 2.28. The monoisotopic (exact) mass is 399 g/mol. The van der Waals surface area contributed by atoms with Crippen LogP contribution in [0.1, 0.15) is 0 Å². The van der Waals surface area contributed by atoms with Gasteiger partial charge in [0.05, 0.1) is 43.7 Å². The van der Waals surface area contributed by atoms with Crippen molar-refractivity contribution in [2.24, 2.45) is 0 Å². The Morgan fingerprint density at radius 1 is 1.11 bits per heavy atom. The molecule has 0 aliphatic carbocycles. The fourth-order valence-electron chi connectivity index (χ4n) is 1.35. The summed E-state index contributed by atoms with van der Waals surface area (Å²) in [5.41, 5.74) is 0.932. The Bertz CT molecular complexity index is 366. The molecular formula is C13H19ClINO3. The van der Waals surface area contributed by atoms with Crippen molar-refractivity contribution >= 4 is 39.9 Å². The molecule has 0 aliphatic rings. The number of hydrogen-bond acceptors (Lipinski definition) is 4. The zero-order valence-corrected chi connectivity index (χ0v) is 13.9. The molecule has 1 N–H and O–H groups in total. The van der Waals surface area contributed by atoms with Crippen LogP contribution in [0, 0.1) is 3.57 Å². The van der Waals surface area contributed by atoms with E-state index in [-0.39, 0.29) is 0 Å². The van der Waals surface area contributed by atoms with Gasteiger partial charge in [0.1, 0.15) is 0 Å². The van der Waals surface area contributed by atoms with Crippen molar-refractivity contribution in [3.05, 3.63) is 26.8 Å². The Hall–Kier alpha value is -0.0800. The molecule has 0 aromatic heterocycles. The van der Waals surface area contributed by atoms with Gasteiger partial charge in [-0.2, -0.15) is 0 Å². The zero-order valence-electron chi connectivity index (χ0n) is 11.0. The molecule has 0 fully saturated rings. The minimum Gasteiger partial charge on any atom is -0.382 e. The van der Waals surface area contributed by atoms with Gasteiger partial charge in [0.25, 0.3) is 0 Å². The molecule has 19 heavy (non-hydrogen) atoms. The molecular weight excluding hydrogens is 381 g/mol. The van der Waals surface area contributed by atoms with Crippen LogP contribution in [0.3, 0.4) is 0 Å². The summed E-state index contributed by atoms with van der Waals surface area (Å²) in [6.07, 6.45) is 0. The first-order chi connectivity index (χ1) is 9.24. The molecule has 0 heterocycles. The predicted molar refractivity (Wildman–Crippen MR) is 86.2 cm³/mol. The standard InChI is InChI=1S/C13H19ClINO3/c1-17-6-7-19-9-8-18-5-4-16-13-3-2-11(15)10-12(13)14/h2-3,10,16H,4-9H2,1H3. The number of halogens is 2. The Labute approximate surface area is 132 Å². The third-order valence-electron chi connectivity index (χ3n) is 2.30. The number of ether oxygens (including phenoxy) is 3. The summed E-state index contributed by atoms with van der Waals surface area (Å²) in [4.78, 5) is 0. The van der Waals surface area contributed by atoms with E-state index in [2.05, 4.69) is 27.9 Å². The van der Waals surface area contributed by atoms with Gasteiger partial charge in [0.15, 0.2) is 0 Å². The van der Waals surface area contributed by atoms with Crippen molar-refractivity contribution in [3.63, 3.8) is 0 Å². The van der Waals surface area contributed by atoms with E-state index in [0.717, 1.165) is 20.8 Å². The van der Waals surface area contributed by atoms with Gasteiger partial charge in [0, 0.05) is 17.2 Å². The van der Waals surface area contributed by atoms with Crippen molar-refractivity contribution in [1.29, 1.82) is 0 Å². The molecule has 6 heteroatoms. The van der Waals surface area contributed by atoms with Gasteiger partial charge in [-0.3, -0.25) is 0 Å². The maximum atomic E-state index is 6.10. The van der Waals surface area contributed by atoms with Crippen molar-refractivity contribution in [1.82, 2.24) is 0 Å². The van der Waals surface area contributed by atoms with Gasteiger partial charge in [-0.05, 0) is 40.8 Å². The Morgan fingerprint density at radius 2 is 1.79 bits per heavy atom. The lowest BCUT2D eigenvalue weighted by atomic mass is 10.3. The highest BCUT2D eigenvalue weighted by Gasteiger charge is 1.99. The number of methoxy groups -OCH3 is 1. The number of benzene rings is 1. The second-order valence-corrected chi connectivity index (χ2v) is 5.42. The fraction of sp³-hybridized carbons (Fsp3) is 0.538. The highest BCUT2D eigenvalue weighted by Crippen LogP contribution is 2.23. The first-order valence-corrected chi connectivity index (χ1v) is 7.53. The van der Waals surface area contributed by atoms with Gasteiger partial charge in [-0.1, -0.05) is 11.6 Å². The molecule has 1 aromatic carbocycles. The van der Waals surface area contributed by atoms with Gasteiger partial charge in [-0.15, -0.1) is 0 Å². The topological polar surface area (TPSA) is 39.7 Å².